The third kappa shape index (κ3) is 6.53. The Morgan fingerprint density at radius 1 is 1.29 bits per heavy atom. The van der Waals surface area contributed by atoms with Crippen LogP contribution in [0.5, 0.6) is 0 Å². The normalized spacial score (nSPS) is 11.7. The minimum atomic E-state index is -0.766. The lowest BCUT2D eigenvalue weighted by Gasteiger charge is -2.23. The highest BCUT2D eigenvalue weighted by molar-refractivity contribution is 6.35. The van der Waals surface area contributed by atoms with E-state index in [1.807, 2.05) is 20.8 Å². The summed E-state index contributed by atoms with van der Waals surface area (Å²) in [6, 6.07) is 1.64. The van der Waals surface area contributed by atoms with E-state index in [0.29, 0.717) is 6.54 Å². The maximum atomic E-state index is 11.4. The second kappa shape index (κ2) is 8.53. The number of nitriles is 1. The quantitative estimate of drug-likeness (QED) is 0.483. The molecule has 0 fully saturated rings. The first-order chi connectivity index (χ1) is 8.04. The molecule has 6 heteroatoms. The van der Waals surface area contributed by atoms with Gasteiger partial charge in [0.15, 0.2) is 0 Å². The smallest absolute Gasteiger partial charge is 0.310 e. The average molecular weight is 240 g/mol. The Bertz CT molecular complexity index is 294. The van der Waals surface area contributed by atoms with Crippen molar-refractivity contribution in [3.63, 3.8) is 0 Å². The molecule has 0 aromatic rings. The summed E-state index contributed by atoms with van der Waals surface area (Å²) in [6.45, 7) is 8.26. The number of carbonyl (C=O) groups is 2. The van der Waals surface area contributed by atoms with Crippen LogP contribution in [0.15, 0.2) is 0 Å². The summed E-state index contributed by atoms with van der Waals surface area (Å²) < 4.78 is 0. The highest BCUT2D eigenvalue weighted by Gasteiger charge is 2.16. The van der Waals surface area contributed by atoms with Gasteiger partial charge in [0, 0.05) is 12.6 Å². The van der Waals surface area contributed by atoms with Crippen LogP contribution < -0.4 is 10.6 Å². The van der Waals surface area contributed by atoms with Crippen molar-refractivity contribution in [2.24, 2.45) is 0 Å². The number of rotatable bonds is 6. The van der Waals surface area contributed by atoms with Gasteiger partial charge in [0.2, 0.25) is 0 Å². The zero-order valence-corrected chi connectivity index (χ0v) is 10.6. The van der Waals surface area contributed by atoms with E-state index in [1.165, 1.54) is 0 Å². The third-order valence-corrected chi connectivity index (χ3v) is 2.34. The molecule has 0 saturated carbocycles. The molecule has 96 valence electrons. The zero-order valence-electron chi connectivity index (χ0n) is 10.6. The zero-order chi connectivity index (χ0) is 13.3. The molecule has 1 unspecified atom stereocenters. The Hall–Kier alpha value is -1.61. The summed E-state index contributed by atoms with van der Waals surface area (Å²) in [6.07, 6.45) is 0. The van der Waals surface area contributed by atoms with E-state index in [2.05, 4.69) is 15.5 Å². The maximum Gasteiger partial charge on any atom is 0.310 e. The number of nitrogens with zero attached hydrogens (tertiary/aromatic N) is 2. The molecule has 0 aromatic carbocycles. The van der Waals surface area contributed by atoms with Gasteiger partial charge in [-0.15, -0.1) is 0 Å². The predicted molar refractivity (Wildman–Crippen MR) is 64.0 cm³/mol. The SMILES string of the molecule is CCN(CC)CC(C)NC(=O)C(=O)NCC#N. The predicted octanol–water partition coefficient (Wildman–Crippen LogP) is -0.527. The molecule has 0 aliphatic rings. The first kappa shape index (κ1) is 15.4. The van der Waals surface area contributed by atoms with Crippen molar-refractivity contribution in [2.75, 3.05) is 26.2 Å². The standard InChI is InChI=1S/C11H20N4O2/c1-4-15(5-2)8-9(3)14-11(17)10(16)13-7-6-12/h9H,4-5,7-8H2,1-3H3,(H,13,16)(H,14,17). The fraction of sp³-hybridized carbons (Fsp3) is 0.727. The minimum Gasteiger partial charge on any atom is -0.344 e. The van der Waals surface area contributed by atoms with Crippen molar-refractivity contribution in [2.45, 2.75) is 26.8 Å². The first-order valence-corrected chi connectivity index (χ1v) is 5.73. The lowest BCUT2D eigenvalue weighted by Crippen LogP contribution is -2.47. The molecule has 0 heterocycles. The van der Waals surface area contributed by atoms with Crippen molar-refractivity contribution in [1.82, 2.24) is 15.5 Å². The third-order valence-electron chi connectivity index (χ3n) is 2.34. The monoisotopic (exact) mass is 240 g/mol. The van der Waals surface area contributed by atoms with E-state index in [-0.39, 0.29) is 12.6 Å². The number of hydrogen-bond acceptors (Lipinski definition) is 4. The number of likely N-dealkylation sites (N-methyl/N-ethyl adjacent to an activating group) is 1. The first-order valence-electron chi connectivity index (χ1n) is 5.73. The number of amides is 2. The second-order valence-corrected chi connectivity index (χ2v) is 3.70. The summed E-state index contributed by atoms with van der Waals surface area (Å²) in [7, 11) is 0. The highest BCUT2D eigenvalue weighted by atomic mass is 16.2. The fourth-order valence-corrected chi connectivity index (χ4v) is 1.40. The van der Waals surface area contributed by atoms with Crippen molar-refractivity contribution in [3.8, 4) is 6.07 Å². The van der Waals surface area contributed by atoms with Crippen LogP contribution in [-0.2, 0) is 9.59 Å². The van der Waals surface area contributed by atoms with Crippen molar-refractivity contribution >= 4 is 11.8 Å². The molecule has 0 rings (SSSR count). The number of nitrogens with one attached hydrogen (secondary N) is 2. The molecule has 0 aliphatic heterocycles. The van der Waals surface area contributed by atoms with Gasteiger partial charge in [-0.05, 0) is 20.0 Å². The molecule has 17 heavy (non-hydrogen) atoms. The van der Waals surface area contributed by atoms with Gasteiger partial charge < -0.3 is 15.5 Å². The molecule has 6 nitrogen and oxygen atoms in total. The van der Waals surface area contributed by atoms with Crippen LogP contribution in [0.2, 0.25) is 0 Å². The molecule has 0 radical (unpaired) electrons. The molecule has 0 spiro atoms. The van der Waals surface area contributed by atoms with Gasteiger partial charge in [0.05, 0.1) is 6.07 Å². The van der Waals surface area contributed by atoms with Gasteiger partial charge in [0.1, 0.15) is 6.54 Å². The van der Waals surface area contributed by atoms with E-state index in [1.54, 1.807) is 6.07 Å². The highest BCUT2D eigenvalue weighted by Crippen LogP contribution is 1.91. The van der Waals surface area contributed by atoms with E-state index in [0.717, 1.165) is 13.1 Å². The minimum absolute atomic E-state index is 0.102. The fourth-order valence-electron chi connectivity index (χ4n) is 1.40. The van der Waals surface area contributed by atoms with Gasteiger partial charge in [-0.1, -0.05) is 13.8 Å². The van der Waals surface area contributed by atoms with E-state index < -0.39 is 11.8 Å². The molecular weight excluding hydrogens is 220 g/mol. The maximum absolute atomic E-state index is 11.4. The van der Waals surface area contributed by atoms with Crippen molar-refractivity contribution in [3.05, 3.63) is 0 Å². The van der Waals surface area contributed by atoms with Crippen LogP contribution in [0.3, 0.4) is 0 Å². The lowest BCUT2D eigenvalue weighted by molar-refractivity contribution is -0.139. The van der Waals surface area contributed by atoms with Gasteiger partial charge in [-0.25, -0.2) is 0 Å². The van der Waals surface area contributed by atoms with Crippen LogP contribution in [-0.4, -0.2) is 48.9 Å². The summed E-state index contributed by atoms with van der Waals surface area (Å²) in [4.78, 5) is 24.7. The van der Waals surface area contributed by atoms with Gasteiger partial charge in [0.25, 0.3) is 0 Å². The van der Waals surface area contributed by atoms with Crippen molar-refractivity contribution < 1.29 is 9.59 Å². The second-order valence-electron chi connectivity index (χ2n) is 3.70. The summed E-state index contributed by atoms with van der Waals surface area (Å²) in [5.74, 6) is -1.46. The van der Waals surface area contributed by atoms with Crippen LogP contribution in [0.4, 0.5) is 0 Å². The molecule has 0 aliphatic carbocycles. The Morgan fingerprint density at radius 3 is 2.35 bits per heavy atom. The molecule has 2 N–H and O–H groups in total. The summed E-state index contributed by atoms with van der Waals surface area (Å²) in [5.41, 5.74) is 0. The molecule has 0 aromatic heterocycles. The number of hydrogen-bond donors (Lipinski definition) is 2. The van der Waals surface area contributed by atoms with Crippen LogP contribution in [0.25, 0.3) is 0 Å². The Morgan fingerprint density at radius 2 is 1.88 bits per heavy atom. The lowest BCUT2D eigenvalue weighted by atomic mass is 10.3. The Labute approximate surface area is 102 Å². The van der Waals surface area contributed by atoms with Crippen molar-refractivity contribution in [1.29, 1.82) is 5.26 Å². The molecule has 0 bridgehead atoms. The Balaban J connectivity index is 4.03. The number of carbonyl (C=O) groups excluding carboxylic acids is 2. The molecule has 2 amide bonds. The van der Waals surface area contributed by atoms with Crippen LogP contribution in [0.1, 0.15) is 20.8 Å². The van der Waals surface area contributed by atoms with E-state index >= 15 is 0 Å². The Kier molecular flexibility index (Phi) is 7.72. The largest absolute Gasteiger partial charge is 0.344 e. The van der Waals surface area contributed by atoms with Crippen LogP contribution >= 0.6 is 0 Å². The van der Waals surface area contributed by atoms with Crippen LogP contribution in [0, 0.1) is 11.3 Å². The summed E-state index contributed by atoms with van der Waals surface area (Å²) >= 11 is 0. The van der Waals surface area contributed by atoms with E-state index in [4.69, 9.17) is 5.26 Å². The van der Waals surface area contributed by atoms with Gasteiger partial charge >= 0.3 is 11.8 Å². The van der Waals surface area contributed by atoms with Gasteiger partial charge in [-0.3, -0.25) is 9.59 Å². The molecule has 0 saturated heterocycles. The van der Waals surface area contributed by atoms with E-state index in [9.17, 15) is 9.59 Å². The average Bonchev–Trinajstić information content (AvgIpc) is 2.32. The molecular formula is C11H20N4O2. The van der Waals surface area contributed by atoms with Gasteiger partial charge in [-0.2, -0.15) is 5.26 Å². The summed E-state index contributed by atoms with van der Waals surface area (Å²) in [5, 5.41) is 13.0. The topological polar surface area (TPSA) is 85.2 Å². The molecule has 1 atom stereocenters.